The molecule has 2 aliphatic rings. The second-order valence-electron chi connectivity index (χ2n) is 7.05. The third-order valence-corrected chi connectivity index (χ3v) is 6.04. The van der Waals surface area contributed by atoms with E-state index in [1.807, 2.05) is 13.8 Å². The lowest BCUT2D eigenvalue weighted by molar-refractivity contribution is -0.150. The molecule has 32 heavy (non-hydrogen) atoms. The molecule has 1 fully saturated rings. The number of anilines is 1. The Morgan fingerprint density at radius 2 is 2.19 bits per heavy atom. The van der Waals surface area contributed by atoms with E-state index < -0.39 is 29.2 Å². The fraction of sp³-hybridized carbons (Fsp3) is 0.400. The number of fused-ring (bicyclic) bond motifs is 1. The predicted octanol–water partition coefficient (Wildman–Crippen LogP) is 0.928. The van der Waals surface area contributed by atoms with Gasteiger partial charge in [0.2, 0.25) is 6.41 Å². The van der Waals surface area contributed by atoms with Crippen LogP contribution >= 0.6 is 11.8 Å². The molecule has 3 heterocycles. The summed E-state index contributed by atoms with van der Waals surface area (Å²) >= 11 is 1.37. The lowest BCUT2D eigenvalue weighted by Crippen LogP contribution is -2.71. The summed E-state index contributed by atoms with van der Waals surface area (Å²) in [6.45, 7) is 4.09. The van der Waals surface area contributed by atoms with E-state index in [-0.39, 0.29) is 28.2 Å². The van der Waals surface area contributed by atoms with Crippen LogP contribution in [0, 0.1) is 0 Å². The molecule has 3 rings (SSSR count). The Kier molecular flexibility index (Phi) is 7.46. The normalized spacial score (nSPS) is 22.2. The van der Waals surface area contributed by atoms with Gasteiger partial charge in [-0.15, -0.1) is 11.8 Å². The Hall–Kier alpha value is -3.41. The van der Waals surface area contributed by atoms with Crippen molar-refractivity contribution in [2.75, 3.05) is 11.9 Å². The molecule has 2 unspecified atom stereocenters. The molecular weight excluding hydrogens is 438 g/mol. The average molecular weight is 462 g/mol. The number of aromatic nitrogens is 1. The number of carboxylic acids is 1. The van der Waals surface area contributed by atoms with Gasteiger partial charge in [0.15, 0.2) is 5.71 Å². The second kappa shape index (κ2) is 10.3. The molecule has 2 aliphatic heterocycles. The zero-order chi connectivity index (χ0) is 23.3. The summed E-state index contributed by atoms with van der Waals surface area (Å²) in [6.07, 6.45) is 3.56. The van der Waals surface area contributed by atoms with Gasteiger partial charge in [-0.3, -0.25) is 19.3 Å². The summed E-state index contributed by atoms with van der Waals surface area (Å²) < 4.78 is 0. The largest absolute Gasteiger partial charge is 0.477 e. The number of amides is 3. The summed E-state index contributed by atoms with van der Waals surface area (Å²) in [5, 5.41) is 17.6. The number of oxime groups is 1. The molecule has 170 valence electrons. The van der Waals surface area contributed by atoms with E-state index in [0.29, 0.717) is 13.0 Å². The quantitative estimate of drug-likeness (QED) is 0.153. The monoisotopic (exact) mass is 461 g/mol. The second-order valence-corrected chi connectivity index (χ2v) is 8.54. The van der Waals surface area contributed by atoms with Crippen LogP contribution in [-0.4, -0.2) is 68.2 Å². The standard InChI is InChI=1S/C20H23N5O6S/c1-3-4-8-31-24-15(12-6-5-7-14(22-12)21-10-26)17(27)23-16-18(28)25-13(20(29)30)9-11(2)32-19(16)25/h5-7,9-11,16,19H,3-4,8H2,1-2H3,(H,23,27)(H,29,30)(H,21,22,26)/t11?,16?,19-/m1/s1. The van der Waals surface area contributed by atoms with Crippen molar-refractivity contribution in [1.82, 2.24) is 15.2 Å². The van der Waals surface area contributed by atoms with Gasteiger partial charge >= 0.3 is 5.97 Å². The number of nitrogens with one attached hydrogen (secondary N) is 2. The number of carbonyl (C=O) groups excluding carboxylic acids is 3. The van der Waals surface area contributed by atoms with E-state index in [9.17, 15) is 24.3 Å². The number of thioether (sulfide) groups is 1. The van der Waals surface area contributed by atoms with Crippen molar-refractivity contribution in [2.45, 2.75) is 43.4 Å². The predicted molar refractivity (Wildman–Crippen MR) is 117 cm³/mol. The number of carboxylic acid groups (broad SMARTS) is 1. The third kappa shape index (κ3) is 4.90. The highest BCUT2D eigenvalue weighted by Crippen LogP contribution is 2.40. The van der Waals surface area contributed by atoms with E-state index >= 15 is 0 Å². The van der Waals surface area contributed by atoms with Gasteiger partial charge in [-0.1, -0.05) is 24.6 Å². The van der Waals surface area contributed by atoms with Crippen LogP contribution in [0.25, 0.3) is 0 Å². The fourth-order valence-corrected chi connectivity index (χ4v) is 4.50. The van der Waals surface area contributed by atoms with E-state index in [1.54, 1.807) is 12.1 Å². The first-order valence-electron chi connectivity index (χ1n) is 9.99. The van der Waals surface area contributed by atoms with Gasteiger partial charge < -0.3 is 20.6 Å². The molecule has 1 aromatic heterocycles. The summed E-state index contributed by atoms with van der Waals surface area (Å²) in [5.41, 5.74) is -0.113. The Bertz CT molecular complexity index is 981. The average Bonchev–Trinajstić information content (AvgIpc) is 2.77. The molecule has 0 saturated carbocycles. The molecule has 3 N–H and O–H groups in total. The van der Waals surface area contributed by atoms with Gasteiger partial charge in [-0.2, -0.15) is 0 Å². The summed E-state index contributed by atoms with van der Waals surface area (Å²) in [5.74, 6) is -2.21. The topological polar surface area (TPSA) is 150 Å². The first-order valence-corrected chi connectivity index (χ1v) is 10.9. The Labute approximate surface area is 188 Å². The van der Waals surface area contributed by atoms with Crippen molar-refractivity contribution in [3.63, 3.8) is 0 Å². The molecule has 3 amide bonds. The molecule has 0 bridgehead atoms. The molecule has 0 aliphatic carbocycles. The maximum Gasteiger partial charge on any atom is 0.352 e. The fourth-order valence-electron chi connectivity index (χ4n) is 3.17. The number of pyridine rings is 1. The van der Waals surface area contributed by atoms with Crippen molar-refractivity contribution in [3.05, 3.63) is 35.7 Å². The molecule has 1 aromatic rings. The number of nitrogens with zero attached hydrogens (tertiary/aromatic N) is 3. The maximum absolute atomic E-state index is 13.0. The van der Waals surface area contributed by atoms with Crippen LogP contribution in [0.4, 0.5) is 5.82 Å². The van der Waals surface area contributed by atoms with Crippen LogP contribution in [0.2, 0.25) is 0 Å². The molecule has 12 heteroatoms. The smallest absolute Gasteiger partial charge is 0.352 e. The number of hydrogen-bond acceptors (Lipinski definition) is 8. The highest BCUT2D eigenvalue weighted by Gasteiger charge is 2.54. The van der Waals surface area contributed by atoms with Crippen LogP contribution in [0.5, 0.6) is 0 Å². The molecule has 0 spiro atoms. The van der Waals surface area contributed by atoms with E-state index in [0.717, 1.165) is 12.8 Å². The van der Waals surface area contributed by atoms with Gasteiger partial charge in [0, 0.05) is 5.25 Å². The molecule has 1 saturated heterocycles. The van der Waals surface area contributed by atoms with Crippen molar-refractivity contribution in [3.8, 4) is 0 Å². The van der Waals surface area contributed by atoms with Gasteiger partial charge in [0.1, 0.15) is 35.2 Å². The summed E-state index contributed by atoms with van der Waals surface area (Å²) in [4.78, 5) is 58.4. The highest BCUT2D eigenvalue weighted by molar-refractivity contribution is 8.00. The van der Waals surface area contributed by atoms with Crippen LogP contribution in [0.3, 0.4) is 0 Å². The zero-order valence-corrected chi connectivity index (χ0v) is 18.3. The van der Waals surface area contributed by atoms with Crippen molar-refractivity contribution >= 4 is 47.5 Å². The summed E-state index contributed by atoms with van der Waals surface area (Å²) in [6, 6.07) is 3.73. The number of β-lactam (4-membered cyclic amide) rings is 1. The van der Waals surface area contributed by atoms with Crippen LogP contribution in [-0.2, 0) is 24.0 Å². The van der Waals surface area contributed by atoms with Crippen LogP contribution in [0.1, 0.15) is 32.4 Å². The molecule has 11 nitrogen and oxygen atoms in total. The Balaban J connectivity index is 1.81. The zero-order valence-electron chi connectivity index (χ0n) is 17.5. The molecule has 3 atom stereocenters. The van der Waals surface area contributed by atoms with E-state index in [4.69, 9.17) is 4.84 Å². The van der Waals surface area contributed by atoms with Crippen molar-refractivity contribution in [1.29, 1.82) is 0 Å². The lowest BCUT2D eigenvalue weighted by Gasteiger charge is -2.49. The number of hydrogen-bond donors (Lipinski definition) is 3. The van der Waals surface area contributed by atoms with Crippen LogP contribution in [0.15, 0.2) is 35.1 Å². The maximum atomic E-state index is 13.0. The first-order chi connectivity index (χ1) is 15.4. The SMILES string of the molecule is CCCCON=C(C(=O)NC1C(=O)N2C(C(=O)O)=CC(C)S[C@H]12)c1cccc(NC=O)n1. The molecular formula is C20H23N5O6S. The minimum absolute atomic E-state index is 0.0946. The summed E-state index contributed by atoms with van der Waals surface area (Å²) in [7, 11) is 0. The third-order valence-electron chi connectivity index (χ3n) is 4.71. The molecule has 0 aromatic carbocycles. The lowest BCUT2D eigenvalue weighted by atomic mass is 10.0. The van der Waals surface area contributed by atoms with Gasteiger partial charge in [0.05, 0.1) is 0 Å². The first kappa shape index (κ1) is 23.3. The van der Waals surface area contributed by atoms with Gasteiger partial charge in [-0.05, 0) is 31.6 Å². The van der Waals surface area contributed by atoms with Crippen LogP contribution < -0.4 is 10.6 Å². The molecule has 0 radical (unpaired) electrons. The van der Waals surface area contributed by atoms with Crippen molar-refractivity contribution in [2.24, 2.45) is 5.16 Å². The number of rotatable bonds is 10. The highest BCUT2D eigenvalue weighted by atomic mass is 32.2. The minimum Gasteiger partial charge on any atom is -0.477 e. The number of unbranched alkanes of at least 4 members (excludes halogenated alkanes) is 1. The van der Waals surface area contributed by atoms with Gasteiger partial charge in [0.25, 0.3) is 11.8 Å². The Morgan fingerprint density at radius 3 is 2.88 bits per heavy atom. The van der Waals surface area contributed by atoms with Gasteiger partial charge in [-0.25, -0.2) is 9.78 Å². The minimum atomic E-state index is -1.20. The Morgan fingerprint density at radius 1 is 1.41 bits per heavy atom. The van der Waals surface area contributed by atoms with E-state index in [2.05, 4.69) is 20.8 Å². The number of carbonyl (C=O) groups is 4. The van der Waals surface area contributed by atoms with E-state index in [1.165, 1.54) is 28.8 Å². The number of aliphatic carboxylic acids is 1. The van der Waals surface area contributed by atoms with Crippen molar-refractivity contribution < 1.29 is 29.1 Å².